The van der Waals surface area contributed by atoms with Gasteiger partial charge in [0.2, 0.25) is 0 Å². The molecule has 1 aromatic carbocycles. The molecule has 2 aromatic rings. The Hall–Kier alpha value is -1.48. The number of anilines is 1. The molecule has 0 saturated carbocycles. The van der Waals surface area contributed by atoms with E-state index in [2.05, 4.69) is 21.8 Å². The molecule has 0 bridgehead atoms. The quantitative estimate of drug-likeness (QED) is 0.899. The van der Waals surface area contributed by atoms with Crippen molar-refractivity contribution in [3.8, 4) is 0 Å². The molecule has 0 atom stereocenters. The van der Waals surface area contributed by atoms with Crippen LogP contribution in [0.15, 0.2) is 30.7 Å². The lowest BCUT2D eigenvalue weighted by Crippen LogP contribution is -2.07. The number of nitrogens with zero attached hydrogens (tertiary/aromatic N) is 2. The third-order valence-electron chi connectivity index (χ3n) is 2.81. The van der Waals surface area contributed by atoms with Crippen LogP contribution in [-0.4, -0.2) is 9.55 Å². The van der Waals surface area contributed by atoms with Gasteiger partial charge in [-0.05, 0) is 25.5 Å². The second-order valence-corrected chi connectivity index (χ2v) is 4.36. The zero-order chi connectivity index (χ0) is 12.3. The Morgan fingerprint density at radius 1 is 1.41 bits per heavy atom. The zero-order valence-electron chi connectivity index (χ0n) is 10.1. The zero-order valence-corrected chi connectivity index (χ0v) is 10.8. The van der Waals surface area contributed by atoms with Crippen LogP contribution in [-0.2, 0) is 13.1 Å². The number of rotatable bonds is 4. The average molecular weight is 250 g/mol. The summed E-state index contributed by atoms with van der Waals surface area (Å²) in [6, 6.07) is 5.90. The monoisotopic (exact) mass is 249 g/mol. The molecule has 90 valence electrons. The number of hydrogen-bond acceptors (Lipinski definition) is 2. The Bertz CT molecular complexity index is 485. The number of imidazole rings is 1. The molecule has 0 aliphatic heterocycles. The first kappa shape index (κ1) is 12.0. The minimum absolute atomic E-state index is 0.735. The third-order valence-corrected chi connectivity index (χ3v) is 3.12. The molecule has 0 aliphatic rings. The molecular weight excluding hydrogens is 234 g/mol. The van der Waals surface area contributed by atoms with Crippen molar-refractivity contribution < 1.29 is 0 Å². The van der Waals surface area contributed by atoms with Crippen LogP contribution in [0.1, 0.15) is 18.2 Å². The molecule has 1 N–H and O–H groups in total. The van der Waals surface area contributed by atoms with Crippen LogP contribution < -0.4 is 5.32 Å². The van der Waals surface area contributed by atoms with Crippen molar-refractivity contribution in [2.45, 2.75) is 26.9 Å². The van der Waals surface area contributed by atoms with Crippen molar-refractivity contribution in [2.24, 2.45) is 0 Å². The van der Waals surface area contributed by atoms with E-state index in [9.17, 15) is 0 Å². The summed E-state index contributed by atoms with van der Waals surface area (Å²) >= 11 is 6.16. The van der Waals surface area contributed by atoms with Crippen LogP contribution in [0.5, 0.6) is 0 Å². The lowest BCUT2D eigenvalue weighted by Gasteiger charge is -2.12. The lowest BCUT2D eigenvalue weighted by atomic mass is 10.2. The van der Waals surface area contributed by atoms with Crippen LogP contribution in [0, 0.1) is 6.92 Å². The van der Waals surface area contributed by atoms with Crippen molar-refractivity contribution >= 4 is 17.3 Å². The van der Waals surface area contributed by atoms with Gasteiger partial charge in [-0.2, -0.15) is 0 Å². The van der Waals surface area contributed by atoms with Gasteiger partial charge in [-0.1, -0.05) is 23.7 Å². The van der Waals surface area contributed by atoms with E-state index in [0.29, 0.717) is 0 Å². The van der Waals surface area contributed by atoms with Gasteiger partial charge in [-0.25, -0.2) is 4.98 Å². The van der Waals surface area contributed by atoms with Gasteiger partial charge in [0, 0.05) is 12.7 Å². The Labute approximate surface area is 106 Å². The largest absolute Gasteiger partial charge is 0.378 e. The molecule has 0 aliphatic carbocycles. The van der Waals surface area contributed by atoms with E-state index >= 15 is 0 Å². The molecule has 4 heteroatoms. The number of halogens is 1. The summed E-state index contributed by atoms with van der Waals surface area (Å²) in [6.07, 6.45) is 3.72. The summed E-state index contributed by atoms with van der Waals surface area (Å²) in [7, 11) is 0. The van der Waals surface area contributed by atoms with Gasteiger partial charge >= 0.3 is 0 Å². The first-order valence-corrected chi connectivity index (χ1v) is 6.08. The first-order valence-electron chi connectivity index (χ1n) is 5.70. The molecule has 0 saturated heterocycles. The van der Waals surface area contributed by atoms with E-state index in [-0.39, 0.29) is 0 Å². The number of benzene rings is 1. The van der Waals surface area contributed by atoms with Crippen LogP contribution in [0.25, 0.3) is 0 Å². The summed E-state index contributed by atoms with van der Waals surface area (Å²) in [4.78, 5) is 4.14. The van der Waals surface area contributed by atoms with Crippen molar-refractivity contribution in [2.75, 3.05) is 5.32 Å². The minimum Gasteiger partial charge on any atom is -0.378 e. The predicted molar refractivity (Wildman–Crippen MR) is 71.4 cm³/mol. The summed E-state index contributed by atoms with van der Waals surface area (Å²) in [6.45, 7) is 5.81. The van der Waals surface area contributed by atoms with Crippen LogP contribution in [0.3, 0.4) is 0 Å². The van der Waals surface area contributed by atoms with Gasteiger partial charge in [-0.15, -0.1) is 0 Å². The van der Waals surface area contributed by atoms with Gasteiger partial charge in [0.25, 0.3) is 0 Å². The van der Waals surface area contributed by atoms with Crippen LogP contribution >= 0.6 is 11.6 Å². The summed E-state index contributed by atoms with van der Waals surface area (Å²) in [5.41, 5.74) is 3.31. The smallest absolute Gasteiger partial charge is 0.0948 e. The molecule has 0 spiro atoms. The molecular formula is C13H16ClN3. The fourth-order valence-corrected chi connectivity index (χ4v) is 2.10. The normalized spacial score (nSPS) is 10.5. The van der Waals surface area contributed by atoms with Gasteiger partial charge in [0.05, 0.1) is 29.3 Å². The SMILES string of the molecule is CCn1cncc1CNc1c(C)cccc1Cl. The number of aromatic nitrogens is 2. The van der Waals surface area contributed by atoms with E-state index in [1.54, 1.807) is 0 Å². The highest BCUT2D eigenvalue weighted by molar-refractivity contribution is 6.33. The van der Waals surface area contributed by atoms with Gasteiger partial charge in [0.15, 0.2) is 0 Å². The molecule has 0 amide bonds. The number of para-hydroxylation sites is 1. The summed E-state index contributed by atoms with van der Waals surface area (Å²) in [5, 5.41) is 4.12. The van der Waals surface area contributed by atoms with Crippen molar-refractivity contribution in [1.82, 2.24) is 9.55 Å². The second kappa shape index (κ2) is 5.23. The van der Waals surface area contributed by atoms with Gasteiger partial charge in [-0.3, -0.25) is 0 Å². The predicted octanol–water partition coefficient (Wildman–Crippen LogP) is 3.48. The Morgan fingerprint density at radius 2 is 2.24 bits per heavy atom. The molecule has 1 heterocycles. The van der Waals surface area contributed by atoms with Crippen LogP contribution in [0.4, 0.5) is 5.69 Å². The average Bonchev–Trinajstić information content (AvgIpc) is 2.76. The van der Waals surface area contributed by atoms with Crippen LogP contribution in [0.2, 0.25) is 5.02 Å². The van der Waals surface area contributed by atoms with E-state index < -0.39 is 0 Å². The standard InChI is InChI=1S/C13H16ClN3/c1-3-17-9-15-7-11(17)8-16-13-10(2)5-4-6-12(13)14/h4-7,9,16H,3,8H2,1-2H3. The van der Waals surface area contributed by atoms with Gasteiger partial charge < -0.3 is 9.88 Å². The highest BCUT2D eigenvalue weighted by atomic mass is 35.5. The Morgan fingerprint density at radius 3 is 2.94 bits per heavy atom. The highest BCUT2D eigenvalue weighted by Gasteiger charge is 2.05. The molecule has 0 fully saturated rings. The number of nitrogens with one attached hydrogen (secondary N) is 1. The van der Waals surface area contributed by atoms with Gasteiger partial charge in [0.1, 0.15) is 0 Å². The van der Waals surface area contributed by atoms with Crippen molar-refractivity contribution in [3.05, 3.63) is 47.0 Å². The molecule has 3 nitrogen and oxygen atoms in total. The molecule has 0 radical (unpaired) electrons. The Balaban J connectivity index is 2.13. The fourth-order valence-electron chi connectivity index (χ4n) is 1.81. The maximum Gasteiger partial charge on any atom is 0.0948 e. The number of hydrogen-bond donors (Lipinski definition) is 1. The fraction of sp³-hybridized carbons (Fsp3) is 0.308. The summed E-state index contributed by atoms with van der Waals surface area (Å²) < 4.78 is 2.11. The Kier molecular flexibility index (Phi) is 3.69. The lowest BCUT2D eigenvalue weighted by molar-refractivity contribution is 0.719. The second-order valence-electron chi connectivity index (χ2n) is 3.96. The van der Waals surface area contributed by atoms with Crippen molar-refractivity contribution in [1.29, 1.82) is 0 Å². The summed E-state index contributed by atoms with van der Waals surface area (Å²) in [5.74, 6) is 0. The van der Waals surface area contributed by atoms with Crippen molar-refractivity contribution in [3.63, 3.8) is 0 Å². The van der Waals surface area contributed by atoms with E-state index in [1.807, 2.05) is 37.6 Å². The minimum atomic E-state index is 0.735. The maximum atomic E-state index is 6.16. The number of aryl methyl sites for hydroxylation is 2. The topological polar surface area (TPSA) is 29.9 Å². The molecule has 17 heavy (non-hydrogen) atoms. The highest BCUT2D eigenvalue weighted by Crippen LogP contribution is 2.25. The third kappa shape index (κ3) is 2.61. The molecule has 2 rings (SSSR count). The van der Waals surface area contributed by atoms with E-state index in [0.717, 1.165) is 35.1 Å². The maximum absolute atomic E-state index is 6.16. The molecule has 1 aromatic heterocycles. The first-order chi connectivity index (χ1) is 8.22. The molecule has 0 unspecified atom stereocenters. The van der Waals surface area contributed by atoms with E-state index in [1.165, 1.54) is 0 Å². The van der Waals surface area contributed by atoms with E-state index in [4.69, 9.17) is 11.6 Å².